The highest BCUT2D eigenvalue weighted by Gasteiger charge is 2.35. The number of piperidine rings is 1. The third-order valence-electron chi connectivity index (χ3n) is 6.96. The maximum atomic E-state index is 13.0. The summed E-state index contributed by atoms with van der Waals surface area (Å²) in [4.78, 5) is 20.5. The molecule has 0 radical (unpaired) electrons. The molecule has 1 amide bonds. The fourth-order valence-corrected chi connectivity index (χ4v) is 5.06. The summed E-state index contributed by atoms with van der Waals surface area (Å²) in [6.45, 7) is 1.32. The van der Waals surface area contributed by atoms with Gasteiger partial charge in [0.05, 0.1) is 11.8 Å². The zero-order chi connectivity index (χ0) is 22.6. The quantitative estimate of drug-likeness (QED) is 0.617. The number of aliphatic hydroxyl groups excluding tert-OH is 1. The Hall–Kier alpha value is -3.18. The molecule has 0 aromatic heterocycles. The second kappa shape index (κ2) is 9.75. The van der Waals surface area contributed by atoms with Crippen LogP contribution in [0.3, 0.4) is 0 Å². The first kappa shape index (κ1) is 21.7. The minimum Gasteiger partial charge on any atom is -0.392 e. The predicted octanol–water partition coefficient (Wildman–Crippen LogP) is 4.37. The number of hydrogen-bond acceptors (Lipinski definition) is 4. The van der Waals surface area contributed by atoms with Crippen molar-refractivity contribution in [2.24, 2.45) is 11.1 Å². The molecule has 2 unspecified atom stereocenters. The molecule has 1 saturated heterocycles. The zero-order valence-electron chi connectivity index (χ0n) is 18.8. The van der Waals surface area contributed by atoms with E-state index in [1.165, 1.54) is 16.3 Å². The van der Waals surface area contributed by atoms with Gasteiger partial charge in [-0.1, -0.05) is 78.0 Å². The van der Waals surface area contributed by atoms with E-state index in [2.05, 4.69) is 47.6 Å². The van der Waals surface area contributed by atoms with Gasteiger partial charge >= 0.3 is 0 Å². The molecule has 5 rings (SSSR count). The summed E-state index contributed by atoms with van der Waals surface area (Å²) in [6.07, 6.45) is 2.63. The summed E-state index contributed by atoms with van der Waals surface area (Å²) in [5.74, 6) is 0.236. The van der Waals surface area contributed by atoms with E-state index in [1.54, 1.807) is 0 Å². The van der Waals surface area contributed by atoms with Crippen LogP contribution in [0.1, 0.15) is 30.4 Å². The van der Waals surface area contributed by atoms with Gasteiger partial charge < -0.3 is 14.8 Å². The Morgan fingerprint density at radius 3 is 2.55 bits per heavy atom. The molecule has 0 saturated carbocycles. The monoisotopic (exact) mass is 442 g/mol. The largest absolute Gasteiger partial charge is 0.392 e. The number of benzene rings is 3. The lowest BCUT2D eigenvalue weighted by atomic mass is 9.87. The van der Waals surface area contributed by atoms with Crippen LogP contribution < -0.4 is 0 Å². The van der Waals surface area contributed by atoms with E-state index in [4.69, 9.17) is 4.84 Å². The highest BCUT2D eigenvalue weighted by atomic mass is 16.6. The topological polar surface area (TPSA) is 62.1 Å². The van der Waals surface area contributed by atoms with Crippen molar-refractivity contribution in [1.29, 1.82) is 0 Å². The molecule has 5 heteroatoms. The van der Waals surface area contributed by atoms with Crippen molar-refractivity contribution in [3.8, 4) is 0 Å². The first-order chi connectivity index (χ1) is 16.2. The number of oxime groups is 1. The van der Waals surface area contributed by atoms with E-state index in [9.17, 15) is 9.90 Å². The van der Waals surface area contributed by atoms with Gasteiger partial charge in [-0.3, -0.25) is 4.79 Å². The van der Waals surface area contributed by atoms with E-state index in [-0.39, 0.29) is 17.9 Å². The van der Waals surface area contributed by atoms with Crippen molar-refractivity contribution in [1.82, 2.24) is 4.90 Å². The molecule has 2 atom stereocenters. The normalized spacial score (nSPS) is 19.8. The van der Waals surface area contributed by atoms with Gasteiger partial charge in [-0.05, 0) is 47.1 Å². The molecule has 2 aliphatic rings. The Morgan fingerprint density at radius 2 is 1.73 bits per heavy atom. The van der Waals surface area contributed by atoms with Crippen LogP contribution >= 0.6 is 0 Å². The van der Waals surface area contributed by atoms with Crippen LogP contribution in [0.15, 0.2) is 78.0 Å². The second-order valence-electron chi connectivity index (χ2n) is 9.19. The standard InChI is InChI=1S/C28H30N2O3/c31-26(17-20-7-2-1-3-8-20)22-13-15-30(16-14-22)28(32)27-19-24(29-33-27)18-23-11-6-10-21-9-4-5-12-25(21)23/h1-12,22,26-27,31H,13-19H2. The van der Waals surface area contributed by atoms with E-state index < -0.39 is 6.10 Å². The Labute approximate surface area is 194 Å². The summed E-state index contributed by atoms with van der Waals surface area (Å²) in [6, 6.07) is 24.7. The Morgan fingerprint density at radius 1 is 1.00 bits per heavy atom. The zero-order valence-corrected chi connectivity index (χ0v) is 18.8. The van der Waals surface area contributed by atoms with Gasteiger partial charge in [0.15, 0.2) is 0 Å². The minimum atomic E-state index is -0.527. The maximum Gasteiger partial charge on any atom is 0.266 e. The van der Waals surface area contributed by atoms with Crippen molar-refractivity contribution in [2.75, 3.05) is 13.1 Å². The number of nitrogens with zero attached hydrogens (tertiary/aromatic N) is 2. The highest BCUT2D eigenvalue weighted by molar-refractivity contribution is 5.96. The van der Waals surface area contributed by atoms with E-state index >= 15 is 0 Å². The molecule has 0 spiro atoms. The average molecular weight is 443 g/mol. The number of carbonyl (C=O) groups is 1. The van der Waals surface area contributed by atoms with Crippen LogP contribution in [-0.2, 0) is 22.5 Å². The van der Waals surface area contributed by atoms with Crippen LogP contribution in [0, 0.1) is 5.92 Å². The number of rotatable bonds is 6. The lowest BCUT2D eigenvalue weighted by Crippen LogP contribution is -2.45. The van der Waals surface area contributed by atoms with E-state index in [0.717, 1.165) is 24.1 Å². The van der Waals surface area contributed by atoms with Crippen LogP contribution in [0.4, 0.5) is 0 Å². The van der Waals surface area contributed by atoms with Crippen LogP contribution in [0.25, 0.3) is 10.8 Å². The highest BCUT2D eigenvalue weighted by Crippen LogP contribution is 2.26. The summed E-state index contributed by atoms with van der Waals surface area (Å²) >= 11 is 0. The Balaban J connectivity index is 1.13. The molecule has 0 aliphatic carbocycles. The van der Waals surface area contributed by atoms with Gasteiger partial charge in [0, 0.05) is 25.9 Å². The summed E-state index contributed by atoms with van der Waals surface area (Å²) in [5, 5.41) is 17.3. The van der Waals surface area contributed by atoms with Crippen molar-refractivity contribution < 1.29 is 14.7 Å². The number of amides is 1. The van der Waals surface area contributed by atoms with Crippen LogP contribution in [-0.4, -0.2) is 46.9 Å². The molecule has 5 nitrogen and oxygen atoms in total. The predicted molar refractivity (Wildman–Crippen MR) is 130 cm³/mol. The van der Waals surface area contributed by atoms with Crippen molar-refractivity contribution in [3.05, 3.63) is 83.9 Å². The third kappa shape index (κ3) is 4.93. The van der Waals surface area contributed by atoms with Crippen molar-refractivity contribution in [2.45, 2.75) is 44.3 Å². The van der Waals surface area contributed by atoms with Crippen molar-refractivity contribution in [3.63, 3.8) is 0 Å². The molecule has 2 aliphatic heterocycles. The molecule has 33 heavy (non-hydrogen) atoms. The van der Waals surface area contributed by atoms with Gasteiger partial charge in [0.1, 0.15) is 0 Å². The fraction of sp³-hybridized carbons (Fsp3) is 0.357. The molecule has 2 heterocycles. The summed E-state index contributed by atoms with van der Waals surface area (Å²) < 4.78 is 0. The first-order valence-corrected chi connectivity index (χ1v) is 11.9. The minimum absolute atomic E-state index is 0.0164. The fourth-order valence-electron chi connectivity index (χ4n) is 5.06. The van der Waals surface area contributed by atoms with Gasteiger partial charge in [-0.25, -0.2) is 0 Å². The molecule has 0 bridgehead atoms. The summed E-state index contributed by atoms with van der Waals surface area (Å²) in [7, 11) is 0. The number of likely N-dealkylation sites (tertiary alicyclic amines) is 1. The smallest absolute Gasteiger partial charge is 0.266 e. The molecule has 1 fully saturated rings. The molecular weight excluding hydrogens is 412 g/mol. The molecule has 3 aromatic rings. The lowest BCUT2D eigenvalue weighted by Gasteiger charge is -2.35. The molecule has 170 valence electrons. The molecule has 1 N–H and O–H groups in total. The summed E-state index contributed by atoms with van der Waals surface area (Å²) in [5.41, 5.74) is 3.27. The van der Waals surface area contributed by atoms with E-state index in [1.807, 2.05) is 35.2 Å². The average Bonchev–Trinajstić information content (AvgIpc) is 3.33. The van der Waals surface area contributed by atoms with Gasteiger partial charge in [0.2, 0.25) is 6.10 Å². The maximum absolute atomic E-state index is 13.0. The number of hydrogen-bond donors (Lipinski definition) is 1. The number of fused-ring (bicyclic) bond motifs is 1. The van der Waals surface area contributed by atoms with Gasteiger partial charge in [-0.2, -0.15) is 0 Å². The van der Waals surface area contributed by atoms with Crippen LogP contribution in [0.2, 0.25) is 0 Å². The molecule has 3 aromatic carbocycles. The van der Waals surface area contributed by atoms with Crippen LogP contribution in [0.5, 0.6) is 0 Å². The van der Waals surface area contributed by atoms with Crippen molar-refractivity contribution >= 4 is 22.4 Å². The van der Waals surface area contributed by atoms with E-state index in [0.29, 0.717) is 32.4 Å². The second-order valence-corrected chi connectivity index (χ2v) is 9.19. The number of carbonyl (C=O) groups excluding carboxylic acids is 1. The SMILES string of the molecule is O=C(C1CC(Cc2cccc3ccccc23)=NO1)N1CCC(C(O)Cc2ccccc2)CC1. The molecular formula is C28H30N2O3. The first-order valence-electron chi connectivity index (χ1n) is 11.9. The van der Waals surface area contributed by atoms with Gasteiger partial charge in [-0.15, -0.1) is 0 Å². The Kier molecular flexibility index (Phi) is 6.40. The third-order valence-corrected chi connectivity index (χ3v) is 6.96. The van der Waals surface area contributed by atoms with Gasteiger partial charge in [0.25, 0.3) is 5.91 Å². The Bertz CT molecular complexity index is 1130. The number of aliphatic hydroxyl groups is 1. The lowest BCUT2D eigenvalue weighted by molar-refractivity contribution is -0.144.